The molecule has 2 aromatic heterocycles. The van der Waals surface area contributed by atoms with Crippen LogP contribution in [-0.2, 0) is 6.18 Å². The summed E-state index contributed by atoms with van der Waals surface area (Å²) in [6.07, 6.45) is -2.15. The number of carbonyl (C=O) groups is 1. The second-order valence-corrected chi connectivity index (χ2v) is 6.02. The summed E-state index contributed by atoms with van der Waals surface area (Å²) in [7, 11) is 0. The second kappa shape index (κ2) is 7.39. The number of aromatic nitrogens is 6. The summed E-state index contributed by atoms with van der Waals surface area (Å²) in [5.41, 5.74) is -1.70. The smallest absolute Gasteiger partial charge is 0.321 e. The number of nitrogens with one attached hydrogen (secondary N) is 1. The zero-order chi connectivity index (χ0) is 21.3. The fraction of sp³-hybridized carbons (Fsp3) is 0.0556. The Bertz CT molecular complexity index is 1180. The first kappa shape index (κ1) is 19.2. The first-order valence-electron chi connectivity index (χ1n) is 8.38. The summed E-state index contributed by atoms with van der Waals surface area (Å²) >= 11 is 0. The average molecular weight is 417 g/mol. The average Bonchev–Trinajstić information content (AvgIpc) is 3.38. The summed E-state index contributed by atoms with van der Waals surface area (Å²) in [6, 6.07) is 10.5. The number of hydrogen-bond donors (Lipinski definition) is 1. The van der Waals surface area contributed by atoms with Crippen LogP contribution >= 0.6 is 0 Å². The van der Waals surface area contributed by atoms with E-state index in [9.17, 15) is 22.4 Å². The van der Waals surface area contributed by atoms with E-state index in [2.05, 4.69) is 25.7 Å². The number of amides is 1. The summed E-state index contributed by atoms with van der Waals surface area (Å²) in [6.45, 7) is 0. The molecule has 0 saturated heterocycles. The van der Waals surface area contributed by atoms with E-state index < -0.39 is 29.3 Å². The topological polar surface area (TPSA) is 90.5 Å². The lowest BCUT2D eigenvalue weighted by Gasteiger charge is -2.11. The normalized spacial score (nSPS) is 11.5. The molecule has 0 fully saturated rings. The first-order chi connectivity index (χ1) is 14.3. The fourth-order valence-corrected chi connectivity index (χ4v) is 2.71. The predicted molar refractivity (Wildman–Crippen MR) is 95.6 cm³/mol. The maximum atomic E-state index is 13.6. The van der Waals surface area contributed by atoms with Crippen LogP contribution in [0, 0.1) is 5.82 Å². The minimum Gasteiger partial charge on any atom is -0.321 e. The van der Waals surface area contributed by atoms with Crippen LogP contribution < -0.4 is 5.32 Å². The van der Waals surface area contributed by atoms with E-state index in [1.165, 1.54) is 41.6 Å². The molecule has 2 aromatic carbocycles. The minimum atomic E-state index is -4.96. The van der Waals surface area contributed by atoms with Gasteiger partial charge in [-0.25, -0.2) is 18.7 Å². The zero-order valence-corrected chi connectivity index (χ0v) is 14.9. The van der Waals surface area contributed by atoms with Crippen LogP contribution in [-0.4, -0.2) is 35.7 Å². The third-order valence-electron chi connectivity index (χ3n) is 4.02. The number of halogens is 4. The van der Waals surface area contributed by atoms with Gasteiger partial charge in [0.05, 0.1) is 11.4 Å². The van der Waals surface area contributed by atoms with Crippen molar-refractivity contribution in [2.75, 3.05) is 5.32 Å². The van der Waals surface area contributed by atoms with Gasteiger partial charge in [-0.2, -0.15) is 18.3 Å². The van der Waals surface area contributed by atoms with Gasteiger partial charge in [-0.1, -0.05) is 11.3 Å². The molecular formula is C18H11F4N7O. The van der Waals surface area contributed by atoms with E-state index in [-0.39, 0.29) is 11.4 Å². The molecule has 30 heavy (non-hydrogen) atoms. The van der Waals surface area contributed by atoms with Crippen molar-refractivity contribution in [3.63, 3.8) is 0 Å². The van der Waals surface area contributed by atoms with Crippen LogP contribution in [0.1, 0.15) is 16.2 Å². The Morgan fingerprint density at radius 3 is 2.43 bits per heavy atom. The lowest BCUT2D eigenvalue weighted by Crippen LogP contribution is -2.21. The molecule has 4 aromatic rings. The van der Waals surface area contributed by atoms with Gasteiger partial charge in [0.25, 0.3) is 5.91 Å². The number of rotatable bonds is 4. The van der Waals surface area contributed by atoms with E-state index >= 15 is 0 Å². The molecule has 0 aliphatic heterocycles. The van der Waals surface area contributed by atoms with E-state index in [1.54, 1.807) is 12.1 Å². The van der Waals surface area contributed by atoms with Crippen LogP contribution in [0.5, 0.6) is 0 Å². The summed E-state index contributed by atoms with van der Waals surface area (Å²) in [4.78, 5) is 16.3. The minimum absolute atomic E-state index is 0.217. The maximum absolute atomic E-state index is 13.6. The van der Waals surface area contributed by atoms with Crippen molar-refractivity contribution < 1.29 is 22.4 Å². The van der Waals surface area contributed by atoms with Gasteiger partial charge in [-0.3, -0.25) is 4.79 Å². The highest BCUT2D eigenvalue weighted by Gasteiger charge is 2.42. The molecule has 0 unspecified atom stereocenters. The molecule has 0 bridgehead atoms. The van der Waals surface area contributed by atoms with Gasteiger partial charge in [0.1, 0.15) is 18.5 Å². The standard InChI is InChI=1S/C18H11F4N7O/c19-11-2-1-3-14(8-11)29-16(18(20,21)22)15(26-27-29)17(30)25-12-4-6-13(7-5-12)28-10-23-9-24-28/h1-10H,(H,25,30). The van der Waals surface area contributed by atoms with Gasteiger partial charge in [-0.15, -0.1) is 5.10 Å². The highest BCUT2D eigenvalue weighted by atomic mass is 19.4. The molecule has 1 amide bonds. The second-order valence-electron chi connectivity index (χ2n) is 6.02. The molecule has 0 saturated carbocycles. The zero-order valence-electron chi connectivity index (χ0n) is 14.9. The summed E-state index contributed by atoms with van der Waals surface area (Å²) in [5, 5.41) is 13.1. The summed E-state index contributed by atoms with van der Waals surface area (Å²) < 4.78 is 56.2. The SMILES string of the molecule is O=C(Nc1ccc(-n2cncn2)cc1)c1nnn(-c2cccc(F)c2)c1C(F)(F)F. The number of alkyl halides is 3. The highest BCUT2D eigenvalue weighted by molar-refractivity contribution is 6.03. The molecule has 4 rings (SSSR count). The molecule has 0 atom stereocenters. The van der Waals surface area contributed by atoms with E-state index in [0.717, 1.165) is 12.1 Å². The van der Waals surface area contributed by atoms with Gasteiger partial charge in [0.15, 0.2) is 11.4 Å². The third kappa shape index (κ3) is 3.74. The Morgan fingerprint density at radius 1 is 1.03 bits per heavy atom. The van der Waals surface area contributed by atoms with Crippen molar-refractivity contribution in [3.8, 4) is 11.4 Å². The van der Waals surface area contributed by atoms with Gasteiger partial charge in [0, 0.05) is 5.69 Å². The predicted octanol–water partition coefficient (Wildman–Crippen LogP) is 3.26. The highest BCUT2D eigenvalue weighted by Crippen LogP contribution is 2.33. The number of nitrogens with zero attached hydrogens (tertiary/aromatic N) is 6. The molecular weight excluding hydrogens is 406 g/mol. The van der Waals surface area contributed by atoms with Crippen molar-refractivity contribution >= 4 is 11.6 Å². The Hall–Kier alpha value is -4.09. The Labute approximate surface area is 165 Å². The maximum Gasteiger partial charge on any atom is 0.435 e. The Kier molecular flexibility index (Phi) is 4.74. The van der Waals surface area contributed by atoms with Crippen LogP contribution in [0.15, 0.2) is 61.2 Å². The molecule has 8 nitrogen and oxygen atoms in total. The molecule has 0 aliphatic rings. The van der Waals surface area contributed by atoms with Gasteiger partial charge in [-0.05, 0) is 42.5 Å². The lowest BCUT2D eigenvalue weighted by atomic mass is 10.2. The van der Waals surface area contributed by atoms with Crippen molar-refractivity contribution in [3.05, 3.63) is 78.4 Å². The number of benzene rings is 2. The Morgan fingerprint density at radius 2 is 1.80 bits per heavy atom. The largest absolute Gasteiger partial charge is 0.435 e. The van der Waals surface area contributed by atoms with E-state index in [0.29, 0.717) is 10.4 Å². The Balaban J connectivity index is 1.64. The molecule has 12 heteroatoms. The molecule has 0 radical (unpaired) electrons. The molecule has 152 valence electrons. The number of hydrogen-bond acceptors (Lipinski definition) is 5. The first-order valence-corrected chi connectivity index (χ1v) is 8.38. The molecule has 0 spiro atoms. The van der Waals surface area contributed by atoms with Crippen LogP contribution in [0.2, 0.25) is 0 Å². The van der Waals surface area contributed by atoms with Crippen molar-refractivity contribution in [1.82, 2.24) is 29.8 Å². The van der Waals surface area contributed by atoms with Gasteiger partial charge in [0.2, 0.25) is 0 Å². The van der Waals surface area contributed by atoms with Crippen LogP contribution in [0.25, 0.3) is 11.4 Å². The monoisotopic (exact) mass is 417 g/mol. The van der Waals surface area contributed by atoms with Gasteiger partial charge >= 0.3 is 6.18 Å². The van der Waals surface area contributed by atoms with E-state index in [4.69, 9.17) is 0 Å². The van der Waals surface area contributed by atoms with Crippen molar-refractivity contribution in [1.29, 1.82) is 0 Å². The quantitative estimate of drug-likeness (QED) is 0.515. The number of anilines is 1. The lowest BCUT2D eigenvalue weighted by molar-refractivity contribution is -0.143. The van der Waals surface area contributed by atoms with Crippen LogP contribution in [0.3, 0.4) is 0 Å². The van der Waals surface area contributed by atoms with E-state index in [1.807, 2.05) is 0 Å². The molecule has 0 aliphatic carbocycles. The molecule has 2 heterocycles. The van der Waals surface area contributed by atoms with Crippen LogP contribution in [0.4, 0.5) is 23.2 Å². The fourth-order valence-electron chi connectivity index (χ4n) is 2.71. The van der Waals surface area contributed by atoms with Crippen molar-refractivity contribution in [2.24, 2.45) is 0 Å². The van der Waals surface area contributed by atoms with Crippen molar-refractivity contribution in [2.45, 2.75) is 6.18 Å². The number of carbonyl (C=O) groups excluding carboxylic acids is 1. The molecule has 1 N–H and O–H groups in total. The third-order valence-corrected chi connectivity index (χ3v) is 4.02. The summed E-state index contributed by atoms with van der Waals surface area (Å²) in [5.74, 6) is -1.87. The van der Waals surface area contributed by atoms with Gasteiger partial charge < -0.3 is 5.32 Å².